The van der Waals surface area contributed by atoms with Crippen molar-refractivity contribution in [3.05, 3.63) is 36.2 Å². The summed E-state index contributed by atoms with van der Waals surface area (Å²) in [7, 11) is 0. The Labute approximate surface area is 128 Å². The summed E-state index contributed by atoms with van der Waals surface area (Å²) in [6.07, 6.45) is 2.68. The van der Waals surface area contributed by atoms with Gasteiger partial charge in [-0.25, -0.2) is 0 Å². The summed E-state index contributed by atoms with van der Waals surface area (Å²) in [5.41, 5.74) is 2.18. The molecule has 0 aliphatic rings. The van der Waals surface area contributed by atoms with E-state index >= 15 is 0 Å². The molecular formula is C15H15N5S. The number of nitriles is 2. The summed E-state index contributed by atoms with van der Waals surface area (Å²) < 4.78 is 1.93. The van der Waals surface area contributed by atoms with Crippen LogP contribution in [0.2, 0.25) is 0 Å². The van der Waals surface area contributed by atoms with Gasteiger partial charge in [0.05, 0.1) is 23.7 Å². The number of nitrogens with zero attached hydrogens (tertiary/aromatic N) is 5. The predicted octanol–water partition coefficient (Wildman–Crippen LogP) is 3.11. The van der Waals surface area contributed by atoms with Crippen molar-refractivity contribution in [3.8, 4) is 17.8 Å². The molecule has 0 amide bonds. The monoisotopic (exact) mass is 297 g/mol. The van der Waals surface area contributed by atoms with Crippen LogP contribution in [0.15, 0.2) is 35.7 Å². The van der Waals surface area contributed by atoms with Crippen molar-refractivity contribution in [2.45, 2.75) is 24.9 Å². The Morgan fingerprint density at radius 2 is 2.14 bits per heavy atom. The van der Waals surface area contributed by atoms with Crippen molar-refractivity contribution in [1.29, 1.82) is 10.5 Å². The van der Waals surface area contributed by atoms with Gasteiger partial charge in [0.25, 0.3) is 0 Å². The van der Waals surface area contributed by atoms with Crippen LogP contribution in [0.25, 0.3) is 5.69 Å². The van der Waals surface area contributed by atoms with E-state index in [4.69, 9.17) is 10.5 Å². The summed E-state index contributed by atoms with van der Waals surface area (Å²) in [6, 6.07) is 12.3. The van der Waals surface area contributed by atoms with Gasteiger partial charge >= 0.3 is 0 Å². The second-order valence-corrected chi connectivity index (χ2v) is 5.59. The van der Waals surface area contributed by atoms with Gasteiger partial charge in [-0.05, 0) is 25.0 Å². The van der Waals surface area contributed by atoms with E-state index in [9.17, 15) is 0 Å². The second kappa shape index (κ2) is 7.47. The van der Waals surface area contributed by atoms with E-state index in [2.05, 4.69) is 22.3 Å². The largest absolute Gasteiger partial charge is 0.276 e. The van der Waals surface area contributed by atoms with Gasteiger partial charge < -0.3 is 0 Å². The van der Waals surface area contributed by atoms with E-state index in [-0.39, 0.29) is 5.92 Å². The molecule has 0 bridgehead atoms. The fourth-order valence-electron chi connectivity index (χ4n) is 1.92. The Balaban J connectivity index is 2.10. The summed E-state index contributed by atoms with van der Waals surface area (Å²) in [6.45, 7) is 2.04. The minimum atomic E-state index is -0.142. The second-order valence-electron chi connectivity index (χ2n) is 4.60. The van der Waals surface area contributed by atoms with Gasteiger partial charge in [0.15, 0.2) is 5.16 Å². The number of aromatic nitrogens is 3. The maximum absolute atomic E-state index is 9.10. The maximum atomic E-state index is 9.10. The third-order valence-electron chi connectivity index (χ3n) is 3.09. The molecule has 1 aromatic heterocycles. The predicted molar refractivity (Wildman–Crippen MR) is 80.8 cm³/mol. The van der Waals surface area contributed by atoms with Crippen LogP contribution in [0.3, 0.4) is 0 Å². The summed E-state index contributed by atoms with van der Waals surface area (Å²) in [4.78, 5) is 0. The van der Waals surface area contributed by atoms with E-state index in [1.807, 2.05) is 35.8 Å². The molecule has 0 aliphatic heterocycles. The van der Waals surface area contributed by atoms with Crippen molar-refractivity contribution in [2.24, 2.45) is 5.92 Å². The molecular weight excluding hydrogens is 282 g/mol. The molecule has 2 rings (SSSR count). The first kappa shape index (κ1) is 15.1. The Morgan fingerprint density at radius 1 is 1.33 bits per heavy atom. The number of hydrogen-bond donors (Lipinski definition) is 0. The normalized spacial score (nSPS) is 11.6. The summed E-state index contributed by atoms with van der Waals surface area (Å²) >= 11 is 1.50. The molecule has 0 saturated carbocycles. The van der Waals surface area contributed by atoms with E-state index in [0.29, 0.717) is 18.6 Å². The molecule has 0 unspecified atom stereocenters. The number of hydrogen-bond acceptors (Lipinski definition) is 5. The van der Waals surface area contributed by atoms with Crippen LogP contribution in [0, 0.1) is 35.5 Å². The molecule has 0 radical (unpaired) electrons. The Hall–Kier alpha value is -2.31. The van der Waals surface area contributed by atoms with Gasteiger partial charge in [0.2, 0.25) is 0 Å². The molecule has 6 heteroatoms. The first-order valence-electron chi connectivity index (χ1n) is 6.61. The molecule has 1 heterocycles. The summed E-state index contributed by atoms with van der Waals surface area (Å²) in [5.74, 6) is 0.472. The van der Waals surface area contributed by atoms with Crippen LogP contribution >= 0.6 is 11.8 Å². The lowest BCUT2D eigenvalue weighted by atomic mass is 10.1. The van der Waals surface area contributed by atoms with Gasteiger partial charge in [-0.1, -0.05) is 30.0 Å². The zero-order valence-electron chi connectivity index (χ0n) is 11.7. The number of benzene rings is 1. The standard InChI is InChI=1S/C15H15N5S/c1-12-5-2-3-7-14(12)20-11-18-19-15(20)21-10-13(9-17)6-4-8-16/h2-3,5,7,11,13H,4,6,10H2,1H3/t13-/m0/s1. The van der Waals surface area contributed by atoms with Crippen LogP contribution in [0.4, 0.5) is 0 Å². The van der Waals surface area contributed by atoms with Crippen LogP contribution < -0.4 is 0 Å². The highest BCUT2D eigenvalue weighted by Gasteiger charge is 2.13. The average molecular weight is 297 g/mol. The highest BCUT2D eigenvalue weighted by atomic mass is 32.2. The number of aryl methyl sites for hydroxylation is 1. The maximum Gasteiger partial charge on any atom is 0.195 e. The van der Waals surface area contributed by atoms with Gasteiger partial charge in [-0.15, -0.1) is 10.2 Å². The third-order valence-corrected chi connectivity index (χ3v) is 4.20. The Bertz CT molecular complexity index is 680. The smallest absolute Gasteiger partial charge is 0.195 e. The van der Waals surface area contributed by atoms with Crippen molar-refractivity contribution in [2.75, 3.05) is 5.75 Å². The number of thioether (sulfide) groups is 1. The van der Waals surface area contributed by atoms with Gasteiger partial charge in [0, 0.05) is 12.2 Å². The van der Waals surface area contributed by atoms with E-state index in [1.54, 1.807) is 6.33 Å². The molecule has 0 spiro atoms. The molecule has 0 aliphatic carbocycles. The Kier molecular flexibility index (Phi) is 5.36. The van der Waals surface area contributed by atoms with Crippen LogP contribution in [0.5, 0.6) is 0 Å². The molecule has 0 saturated heterocycles. The average Bonchev–Trinajstić information content (AvgIpc) is 2.96. The number of para-hydroxylation sites is 1. The molecule has 106 valence electrons. The van der Waals surface area contributed by atoms with Crippen molar-refractivity contribution in [1.82, 2.24) is 14.8 Å². The SMILES string of the molecule is Cc1ccccc1-n1cnnc1SC[C@H](C#N)CCC#N. The fourth-order valence-corrected chi connectivity index (χ4v) is 2.90. The zero-order chi connectivity index (χ0) is 15.1. The first-order chi connectivity index (χ1) is 10.3. The van der Waals surface area contributed by atoms with E-state index in [0.717, 1.165) is 16.4 Å². The molecule has 21 heavy (non-hydrogen) atoms. The van der Waals surface area contributed by atoms with E-state index in [1.165, 1.54) is 11.8 Å². The van der Waals surface area contributed by atoms with Crippen molar-refractivity contribution >= 4 is 11.8 Å². The molecule has 1 aromatic carbocycles. The molecule has 0 N–H and O–H groups in total. The third kappa shape index (κ3) is 3.84. The quantitative estimate of drug-likeness (QED) is 0.765. The molecule has 2 aromatic rings. The lowest BCUT2D eigenvalue weighted by Gasteiger charge is -2.10. The fraction of sp³-hybridized carbons (Fsp3) is 0.333. The van der Waals surface area contributed by atoms with E-state index < -0.39 is 0 Å². The lowest BCUT2D eigenvalue weighted by molar-refractivity contribution is 0.683. The topological polar surface area (TPSA) is 78.3 Å². The molecule has 5 nitrogen and oxygen atoms in total. The highest BCUT2D eigenvalue weighted by Crippen LogP contribution is 2.24. The summed E-state index contributed by atoms with van der Waals surface area (Å²) in [5, 5.41) is 26.5. The lowest BCUT2D eigenvalue weighted by Crippen LogP contribution is -2.03. The van der Waals surface area contributed by atoms with Crippen LogP contribution in [-0.2, 0) is 0 Å². The van der Waals surface area contributed by atoms with Crippen LogP contribution in [-0.4, -0.2) is 20.5 Å². The first-order valence-corrected chi connectivity index (χ1v) is 7.60. The van der Waals surface area contributed by atoms with Crippen molar-refractivity contribution < 1.29 is 0 Å². The number of rotatable bonds is 6. The zero-order valence-corrected chi connectivity index (χ0v) is 12.5. The highest BCUT2D eigenvalue weighted by molar-refractivity contribution is 7.99. The van der Waals surface area contributed by atoms with Crippen LogP contribution in [0.1, 0.15) is 18.4 Å². The minimum Gasteiger partial charge on any atom is -0.276 e. The molecule has 0 fully saturated rings. The van der Waals surface area contributed by atoms with Crippen molar-refractivity contribution in [3.63, 3.8) is 0 Å². The van der Waals surface area contributed by atoms with Gasteiger partial charge in [0.1, 0.15) is 6.33 Å². The Morgan fingerprint density at radius 3 is 2.86 bits per heavy atom. The molecule has 1 atom stereocenters. The van der Waals surface area contributed by atoms with Gasteiger partial charge in [-0.3, -0.25) is 4.57 Å². The van der Waals surface area contributed by atoms with Gasteiger partial charge in [-0.2, -0.15) is 10.5 Å². The minimum absolute atomic E-state index is 0.142.